The Balaban J connectivity index is 2.40. The fraction of sp³-hybridized carbons (Fsp3) is 0.714. The first-order valence-electron chi connectivity index (χ1n) is 3.66. The SMILES string of the molecule is N#CC1(C(=O)NCC(F)(F)F)CC1. The van der Waals surface area contributed by atoms with Gasteiger partial charge in [0.1, 0.15) is 12.0 Å². The van der Waals surface area contributed by atoms with Gasteiger partial charge in [-0.3, -0.25) is 4.79 Å². The van der Waals surface area contributed by atoms with Gasteiger partial charge in [0.25, 0.3) is 0 Å². The molecule has 1 rings (SSSR count). The van der Waals surface area contributed by atoms with E-state index in [1.807, 2.05) is 0 Å². The Hall–Kier alpha value is -1.25. The smallest absolute Gasteiger partial charge is 0.346 e. The lowest BCUT2D eigenvalue weighted by Gasteiger charge is -2.09. The molecule has 1 amide bonds. The normalized spacial score (nSPS) is 18.9. The molecule has 3 nitrogen and oxygen atoms in total. The molecule has 0 heterocycles. The van der Waals surface area contributed by atoms with Crippen molar-refractivity contribution in [2.24, 2.45) is 5.41 Å². The van der Waals surface area contributed by atoms with Crippen molar-refractivity contribution in [1.82, 2.24) is 5.32 Å². The van der Waals surface area contributed by atoms with Gasteiger partial charge in [-0.05, 0) is 12.8 Å². The molecule has 6 heteroatoms. The summed E-state index contributed by atoms with van der Waals surface area (Å²) in [6.07, 6.45) is -3.71. The van der Waals surface area contributed by atoms with Gasteiger partial charge in [-0.15, -0.1) is 0 Å². The second kappa shape index (κ2) is 2.91. The number of nitrogens with zero attached hydrogens (tertiary/aromatic N) is 1. The molecule has 0 unspecified atom stereocenters. The Morgan fingerprint density at radius 1 is 1.54 bits per heavy atom. The minimum Gasteiger partial charge on any atom is -0.346 e. The van der Waals surface area contributed by atoms with E-state index in [2.05, 4.69) is 0 Å². The van der Waals surface area contributed by atoms with Crippen LogP contribution in [0.25, 0.3) is 0 Å². The van der Waals surface area contributed by atoms with E-state index in [9.17, 15) is 18.0 Å². The van der Waals surface area contributed by atoms with Crippen LogP contribution < -0.4 is 5.32 Å². The minimum absolute atomic E-state index is 0.354. The van der Waals surface area contributed by atoms with Crippen LogP contribution in [-0.2, 0) is 4.79 Å². The zero-order valence-electron chi connectivity index (χ0n) is 6.61. The third-order valence-corrected chi connectivity index (χ3v) is 1.85. The number of hydrogen-bond acceptors (Lipinski definition) is 2. The van der Waals surface area contributed by atoms with Crippen LogP contribution in [0.4, 0.5) is 13.2 Å². The highest BCUT2D eigenvalue weighted by atomic mass is 19.4. The maximum atomic E-state index is 11.6. The fourth-order valence-electron chi connectivity index (χ4n) is 0.864. The van der Waals surface area contributed by atoms with Crippen molar-refractivity contribution < 1.29 is 18.0 Å². The standard InChI is InChI=1S/C7H7F3N2O/c8-7(9,10)4-12-5(13)6(3-11)1-2-6/h1-2,4H2,(H,12,13). The van der Waals surface area contributed by atoms with Crippen LogP contribution in [0.15, 0.2) is 0 Å². The Morgan fingerprint density at radius 2 is 2.08 bits per heavy atom. The van der Waals surface area contributed by atoms with Gasteiger partial charge in [0, 0.05) is 0 Å². The van der Waals surface area contributed by atoms with Gasteiger partial charge >= 0.3 is 6.18 Å². The number of amides is 1. The molecule has 1 aliphatic carbocycles. The molecule has 0 aromatic carbocycles. The summed E-state index contributed by atoms with van der Waals surface area (Å²) in [5.74, 6) is -0.813. The summed E-state index contributed by atoms with van der Waals surface area (Å²) in [7, 11) is 0. The van der Waals surface area contributed by atoms with Gasteiger partial charge in [0.2, 0.25) is 5.91 Å². The topological polar surface area (TPSA) is 52.9 Å². The summed E-state index contributed by atoms with van der Waals surface area (Å²) >= 11 is 0. The van der Waals surface area contributed by atoms with E-state index in [0.29, 0.717) is 12.8 Å². The number of carbonyl (C=O) groups is 1. The highest BCUT2D eigenvalue weighted by molar-refractivity contribution is 5.88. The van der Waals surface area contributed by atoms with Gasteiger partial charge in [-0.1, -0.05) is 0 Å². The zero-order valence-corrected chi connectivity index (χ0v) is 6.61. The first kappa shape index (κ1) is 9.84. The van der Waals surface area contributed by atoms with E-state index >= 15 is 0 Å². The van der Waals surface area contributed by atoms with Crippen molar-refractivity contribution in [2.45, 2.75) is 19.0 Å². The highest BCUT2D eigenvalue weighted by Crippen LogP contribution is 2.45. The molecule has 0 aromatic rings. The van der Waals surface area contributed by atoms with Crippen LogP contribution in [0.2, 0.25) is 0 Å². The van der Waals surface area contributed by atoms with Crippen molar-refractivity contribution in [3.63, 3.8) is 0 Å². The van der Waals surface area contributed by atoms with Gasteiger partial charge in [-0.2, -0.15) is 18.4 Å². The Bertz CT molecular complexity index is 262. The number of carbonyl (C=O) groups excluding carboxylic acids is 1. The van der Waals surface area contributed by atoms with Gasteiger partial charge in [0.15, 0.2) is 0 Å². The molecule has 0 aliphatic heterocycles. The van der Waals surface area contributed by atoms with E-state index < -0.39 is 24.0 Å². The summed E-state index contributed by atoms with van der Waals surface area (Å²) in [5, 5.41) is 10.2. The summed E-state index contributed by atoms with van der Waals surface area (Å²) in [4.78, 5) is 11.0. The number of nitrogens with one attached hydrogen (secondary N) is 1. The first-order chi connectivity index (χ1) is 5.90. The number of alkyl halides is 3. The van der Waals surface area contributed by atoms with Gasteiger partial charge in [0.05, 0.1) is 6.07 Å². The molecule has 1 N–H and O–H groups in total. The molecule has 13 heavy (non-hydrogen) atoms. The van der Waals surface area contributed by atoms with Crippen LogP contribution in [0.5, 0.6) is 0 Å². The second-order valence-corrected chi connectivity index (χ2v) is 2.99. The maximum Gasteiger partial charge on any atom is 0.405 e. The molecule has 0 saturated heterocycles. The van der Waals surface area contributed by atoms with E-state index in [1.54, 1.807) is 11.4 Å². The largest absolute Gasteiger partial charge is 0.405 e. The third kappa shape index (κ3) is 2.34. The molecule has 0 bridgehead atoms. The summed E-state index contributed by atoms with van der Waals surface area (Å²) in [6.45, 7) is -1.37. The van der Waals surface area contributed by atoms with Gasteiger partial charge in [-0.25, -0.2) is 0 Å². The molecule has 1 saturated carbocycles. The van der Waals surface area contributed by atoms with Crippen LogP contribution in [0.1, 0.15) is 12.8 Å². The third-order valence-electron chi connectivity index (χ3n) is 1.85. The van der Waals surface area contributed by atoms with E-state index in [-0.39, 0.29) is 0 Å². The average molecular weight is 192 g/mol. The average Bonchev–Trinajstić information content (AvgIpc) is 2.79. The van der Waals surface area contributed by atoms with Crippen LogP contribution >= 0.6 is 0 Å². The van der Waals surface area contributed by atoms with E-state index in [0.717, 1.165) is 0 Å². The molecule has 0 spiro atoms. The summed E-state index contributed by atoms with van der Waals surface area (Å²) in [5.41, 5.74) is -1.18. The van der Waals surface area contributed by atoms with Gasteiger partial charge < -0.3 is 5.32 Å². The Morgan fingerprint density at radius 3 is 2.38 bits per heavy atom. The van der Waals surface area contributed by atoms with Crippen molar-refractivity contribution in [2.75, 3.05) is 6.54 Å². The van der Waals surface area contributed by atoms with Crippen molar-refractivity contribution in [1.29, 1.82) is 5.26 Å². The predicted octanol–water partition coefficient (Wildman–Crippen LogP) is 0.969. The number of hydrogen-bond donors (Lipinski definition) is 1. The highest BCUT2D eigenvalue weighted by Gasteiger charge is 2.51. The first-order valence-corrected chi connectivity index (χ1v) is 3.66. The lowest BCUT2D eigenvalue weighted by atomic mass is 10.1. The van der Waals surface area contributed by atoms with E-state index in [4.69, 9.17) is 5.26 Å². The molecular weight excluding hydrogens is 185 g/mol. The molecule has 1 aliphatic rings. The van der Waals surface area contributed by atoms with Crippen LogP contribution in [0.3, 0.4) is 0 Å². The molecular formula is C7H7F3N2O. The fourth-order valence-corrected chi connectivity index (χ4v) is 0.864. The quantitative estimate of drug-likeness (QED) is 0.708. The molecule has 72 valence electrons. The lowest BCUT2D eigenvalue weighted by molar-refractivity contribution is -0.140. The van der Waals surface area contributed by atoms with Crippen molar-refractivity contribution in [3.05, 3.63) is 0 Å². The van der Waals surface area contributed by atoms with E-state index in [1.165, 1.54) is 0 Å². The Kier molecular flexibility index (Phi) is 2.20. The molecule has 0 radical (unpaired) electrons. The van der Waals surface area contributed by atoms with Crippen LogP contribution in [-0.4, -0.2) is 18.6 Å². The Labute approximate surface area is 72.5 Å². The number of nitriles is 1. The number of rotatable bonds is 2. The molecule has 1 fully saturated rings. The second-order valence-electron chi connectivity index (χ2n) is 2.99. The minimum atomic E-state index is -4.42. The monoisotopic (exact) mass is 192 g/mol. The maximum absolute atomic E-state index is 11.6. The summed E-state index contributed by atoms with van der Waals surface area (Å²) < 4.78 is 34.9. The lowest BCUT2D eigenvalue weighted by Crippen LogP contribution is -2.38. The van der Waals surface area contributed by atoms with Crippen LogP contribution in [0, 0.1) is 16.7 Å². The zero-order chi connectivity index (χ0) is 10.1. The molecule has 0 atom stereocenters. The molecule has 0 aromatic heterocycles. The van der Waals surface area contributed by atoms with Crippen molar-refractivity contribution >= 4 is 5.91 Å². The number of halogens is 3. The predicted molar refractivity (Wildman–Crippen MR) is 36.3 cm³/mol. The summed E-state index contributed by atoms with van der Waals surface area (Å²) in [6, 6.07) is 1.71. The van der Waals surface area contributed by atoms with Crippen molar-refractivity contribution in [3.8, 4) is 6.07 Å².